The van der Waals surface area contributed by atoms with Crippen LogP contribution in [-0.2, 0) is 9.59 Å². The fourth-order valence-electron chi connectivity index (χ4n) is 1.59. The van der Waals surface area contributed by atoms with Crippen LogP contribution in [0.1, 0.15) is 46.5 Å². The van der Waals surface area contributed by atoms with Crippen LogP contribution in [0.2, 0.25) is 0 Å². The monoisotopic (exact) mass is 229 g/mol. The lowest BCUT2D eigenvalue weighted by atomic mass is 10.0. The van der Waals surface area contributed by atoms with Gasteiger partial charge in [-0.05, 0) is 11.8 Å². The summed E-state index contributed by atoms with van der Waals surface area (Å²) in [6.07, 6.45) is 2.47. The molecule has 1 atom stereocenters. The van der Waals surface area contributed by atoms with Gasteiger partial charge in [0.1, 0.15) is 0 Å². The van der Waals surface area contributed by atoms with Gasteiger partial charge in [-0.3, -0.25) is 9.59 Å². The van der Waals surface area contributed by atoms with Gasteiger partial charge >= 0.3 is 5.97 Å². The molecular formula is C12H23NO3. The SMILES string of the molecule is CCC(CC)CNC(=O)CC(C)CC(=O)O. The third kappa shape index (κ3) is 7.26. The molecule has 0 heterocycles. The quantitative estimate of drug-likeness (QED) is 0.669. The predicted octanol–water partition coefficient (Wildman–Crippen LogP) is 2.04. The van der Waals surface area contributed by atoms with E-state index in [2.05, 4.69) is 19.2 Å². The Kier molecular flexibility index (Phi) is 7.60. The zero-order chi connectivity index (χ0) is 12.6. The average Bonchev–Trinajstić information content (AvgIpc) is 2.17. The molecule has 0 aliphatic carbocycles. The maximum atomic E-state index is 11.5. The lowest BCUT2D eigenvalue weighted by Crippen LogP contribution is -2.30. The number of aliphatic carboxylic acids is 1. The van der Waals surface area contributed by atoms with Crippen molar-refractivity contribution < 1.29 is 14.7 Å². The molecule has 0 radical (unpaired) electrons. The van der Waals surface area contributed by atoms with Crippen LogP contribution in [0, 0.1) is 11.8 Å². The van der Waals surface area contributed by atoms with E-state index >= 15 is 0 Å². The van der Waals surface area contributed by atoms with E-state index in [0.29, 0.717) is 18.9 Å². The van der Waals surface area contributed by atoms with Crippen LogP contribution < -0.4 is 5.32 Å². The van der Waals surface area contributed by atoms with Crippen molar-refractivity contribution in [3.05, 3.63) is 0 Å². The summed E-state index contributed by atoms with van der Waals surface area (Å²) < 4.78 is 0. The van der Waals surface area contributed by atoms with E-state index < -0.39 is 5.97 Å². The van der Waals surface area contributed by atoms with Crippen LogP contribution in [0.4, 0.5) is 0 Å². The minimum atomic E-state index is -0.847. The molecule has 0 saturated heterocycles. The van der Waals surface area contributed by atoms with Crippen LogP contribution in [-0.4, -0.2) is 23.5 Å². The molecule has 0 rings (SSSR count). The molecule has 0 saturated carbocycles. The predicted molar refractivity (Wildman–Crippen MR) is 63.1 cm³/mol. The van der Waals surface area contributed by atoms with Crippen LogP contribution in [0.5, 0.6) is 0 Å². The summed E-state index contributed by atoms with van der Waals surface area (Å²) in [6, 6.07) is 0. The van der Waals surface area contributed by atoms with E-state index in [-0.39, 0.29) is 18.2 Å². The molecule has 0 aromatic heterocycles. The second-order valence-corrected chi connectivity index (χ2v) is 4.39. The van der Waals surface area contributed by atoms with Crippen molar-refractivity contribution in [2.75, 3.05) is 6.54 Å². The lowest BCUT2D eigenvalue weighted by molar-refractivity contribution is -0.138. The number of nitrogens with one attached hydrogen (secondary N) is 1. The minimum Gasteiger partial charge on any atom is -0.481 e. The third-order valence-corrected chi connectivity index (χ3v) is 2.80. The van der Waals surface area contributed by atoms with Gasteiger partial charge in [0.15, 0.2) is 0 Å². The maximum absolute atomic E-state index is 11.5. The molecule has 0 spiro atoms. The highest BCUT2D eigenvalue weighted by atomic mass is 16.4. The molecule has 0 aliphatic heterocycles. The maximum Gasteiger partial charge on any atom is 0.303 e. The van der Waals surface area contributed by atoms with E-state index in [9.17, 15) is 9.59 Å². The minimum absolute atomic E-state index is 0.0411. The number of carboxylic acids is 1. The van der Waals surface area contributed by atoms with Gasteiger partial charge in [-0.2, -0.15) is 0 Å². The van der Waals surface area contributed by atoms with Gasteiger partial charge in [0.25, 0.3) is 0 Å². The fraction of sp³-hybridized carbons (Fsp3) is 0.833. The molecule has 0 fully saturated rings. The van der Waals surface area contributed by atoms with E-state index in [1.54, 1.807) is 6.92 Å². The first-order valence-corrected chi connectivity index (χ1v) is 5.98. The number of rotatable bonds is 8. The summed E-state index contributed by atoms with van der Waals surface area (Å²) in [5, 5.41) is 11.4. The van der Waals surface area contributed by atoms with Crippen molar-refractivity contribution in [3.8, 4) is 0 Å². The van der Waals surface area contributed by atoms with Gasteiger partial charge in [-0.15, -0.1) is 0 Å². The summed E-state index contributed by atoms with van der Waals surface area (Å²) in [7, 11) is 0. The fourth-order valence-corrected chi connectivity index (χ4v) is 1.59. The summed E-state index contributed by atoms with van der Waals surface area (Å²) in [5.41, 5.74) is 0. The molecule has 1 amide bonds. The Morgan fingerprint density at radius 2 is 1.75 bits per heavy atom. The average molecular weight is 229 g/mol. The Morgan fingerprint density at radius 1 is 1.19 bits per heavy atom. The summed E-state index contributed by atoms with van der Waals surface area (Å²) in [5.74, 6) is -0.459. The van der Waals surface area contributed by atoms with Gasteiger partial charge in [-0.1, -0.05) is 33.6 Å². The van der Waals surface area contributed by atoms with Crippen molar-refractivity contribution in [2.24, 2.45) is 11.8 Å². The van der Waals surface area contributed by atoms with Gasteiger partial charge in [0.05, 0.1) is 0 Å². The topological polar surface area (TPSA) is 66.4 Å². The van der Waals surface area contributed by atoms with Gasteiger partial charge in [0.2, 0.25) is 5.91 Å². The van der Waals surface area contributed by atoms with Gasteiger partial charge in [0, 0.05) is 19.4 Å². The van der Waals surface area contributed by atoms with Crippen molar-refractivity contribution in [1.82, 2.24) is 5.32 Å². The highest BCUT2D eigenvalue weighted by Gasteiger charge is 2.13. The summed E-state index contributed by atoms with van der Waals surface area (Å²) >= 11 is 0. The molecule has 16 heavy (non-hydrogen) atoms. The largest absolute Gasteiger partial charge is 0.481 e. The Bertz CT molecular complexity index is 224. The van der Waals surface area contributed by atoms with Crippen LogP contribution in [0.3, 0.4) is 0 Å². The normalized spacial score (nSPS) is 12.5. The first kappa shape index (κ1) is 14.9. The van der Waals surface area contributed by atoms with Crippen molar-refractivity contribution >= 4 is 11.9 Å². The molecule has 0 aromatic rings. The van der Waals surface area contributed by atoms with E-state index in [4.69, 9.17) is 5.11 Å². The number of carbonyl (C=O) groups is 2. The van der Waals surface area contributed by atoms with Gasteiger partial charge < -0.3 is 10.4 Å². The molecule has 94 valence electrons. The zero-order valence-electron chi connectivity index (χ0n) is 10.5. The second kappa shape index (κ2) is 8.13. The number of carboxylic acid groups (broad SMARTS) is 1. The molecule has 4 heteroatoms. The summed E-state index contributed by atoms with van der Waals surface area (Å²) in [4.78, 5) is 21.9. The number of carbonyl (C=O) groups excluding carboxylic acids is 1. The highest BCUT2D eigenvalue weighted by molar-refractivity contribution is 5.77. The number of amides is 1. The van der Waals surface area contributed by atoms with Crippen LogP contribution in [0.15, 0.2) is 0 Å². The molecular weight excluding hydrogens is 206 g/mol. The Balaban J connectivity index is 3.77. The van der Waals surface area contributed by atoms with Crippen LogP contribution >= 0.6 is 0 Å². The van der Waals surface area contributed by atoms with Crippen molar-refractivity contribution in [3.63, 3.8) is 0 Å². The lowest BCUT2D eigenvalue weighted by Gasteiger charge is -2.14. The van der Waals surface area contributed by atoms with Crippen molar-refractivity contribution in [1.29, 1.82) is 0 Å². The number of hydrogen-bond donors (Lipinski definition) is 2. The second-order valence-electron chi connectivity index (χ2n) is 4.39. The van der Waals surface area contributed by atoms with Gasteiger partial charge in [-0.25, -0.2) is 0 Å². The zero-order valence-corrected chi connectivity index (χ0v) is 10.5. The highest BCUT2D eigenvalue weighted by Crippen LogP contribution is 2.08. The molecule has 0 aliphatic rings. The number of hydrogen-bond acceptors (Lipinski definition) is 2. The first-order chi connectivity index (χ1) is 7.49. The van der Waals surface area contributed by atoms with E-state index in [0.717, 1.165) is 12.8 Å². The Hall–Kier alpha value is -1.06. The Labute approximate surface area is 97.4 Å². The molecule has 0 bridgehead atoms. The van der Waals surface area contributed by atoms with E-state index in [1.165, 1.54) is 0 Å². The third-order valence-electron chi connectivity index (χ3n) is 2.80. The Morgan fingerprint density at radius 3 is 2.19 bits per heavy atom. The molecule has 0 aromatic carbocycles. The van der Waals surface area contributed by atoms with Crippen LogP contribution in [0.25, 0.3) is 0 Å². The van der Waals surface area contributed by atoms with E-state index in [1.807, 2.05) is 0 Å². The first-order valence-electron chi connectivity index (χ1n) is 5.98. The molecule has 4 nitrogen and oxygen atoms in total. The standard InChI is InChI=1S/C12H23NO3/c1-4-10(5-2)8-13-11(14)6-9(3)7-12(15)16/h9-10H,4-8H2,1-3H3,(H,13,14)(H,15,16). The smallest absolute Gasteiger partial charge is 0.303 e. The summed E-state index contributed by atoms with van der Waals surface area (Å²) in [6.45, 7) is 6.69. The molecule has 1 unspecified atom stereocenters. The molecule has 2 N–H and O–H groups in total. The van der Waals surface area contributed by atoms with Crippen molar-refractivity contribution in [2.45, 2.75) is 46.5 Å².